The molecule has 0 bridgehead atoms. The molecule has 108 valence electrons. The van der Waals surface area contributed by atoms with Crippen LogP contribution < -0.4 is 9.47 Å². The lowest BCUT2D eigenvalue weighted by Gasteiger charge is -2.21. The van der Waals surface area contributed by atoms with Crippen LogP contribution in [0.3, 0.4) is 0 Å². The van der Waals surface area contributed by atoms with Crippen molar-refractivity contribution in [2.45, 2.75) is 6.92 Å². The molecule has 0 radical (unpaired) electrons. The Morgan fingerprint density at radius 2 is 1.86 bits per heavy atom. The highest BCUT2D eigenvalue weighted by Crippen LogP contribution is 2.38. The van der Waals surface area contributed by atoms with Gasteiger partial charge in [-0.25, -0.2) is 0 Å². The van der Waals surface area contributed by atoms with Gasteiger partial charge in [-0.05, 0) is 48.4 Å². The zero-order valence-electron chi connectivity index (χ0n) is 11.9. The molecule has 0 aliphatic carbocycles. The zero-order chi connectivity index (χ0) is 15.0. The van der Waals surface area contributed by atoms with Gasteiger partial charge in [0.15, 0.2) is 11.5 Å². The smallest absolute Gasteiger partial charge is 0.161 e. The van der Waals surface area contributed by atoms with Gasteiger partial charge in [0.2, 0.25) is 0 Å². The number of benzene rings is 2. The van der Waals surface area contributed by atoms with Gasteiger partial charge in [-0.3, -0.25) is 0 Å². The van der Waals surface area contributed by atoms with E-state index in [1.54, 1.807) is 18.2 Å². The van der Waals surface area contributed by atoms with Crippen LogP contribution in [0.5, 0.6) is 23.0 Å². The molecule has 4 nitrogen and oxygen atoms in total. The van der Waals surface area contributed by atoms with Gasteiger partial charge in [-0.15, -0.1) is 0 Å². The molecule has 2 N–H and O–H groups in total. The summed E-state index contributed by atoms with van der Waals surface area (Å²) in [4.78, 5) is 0. The number of phenolic OH excluding ortho intramolecular Hbond substituents is 2. The van der Waals surface area contributed by atoms with Crippen LogP contribution in [0.25, 0.3) is 11.6 Å². The van der Waals surface area contributed by atoms with Gasteiger partial charge < -0.3 is 19.7 Å². The van der Waals surface area contributed by atoms with Crippen LogP contribution in [0.15, 0.2) is 30.3 Å². The maximum atomic E-state index is 9.71. The Kier molecular flexibility index (Phi) is 3.22. The van der Waals surface area contributed by atoms with Crippen molar-refractivity contribution in [3.63, 3.8) is 0 Å². The molecular weight excluding hydrogens is 268 g/mol. The Bertz CT molecular complexity index is 732. The molecule has 0 saturated heterocycles. The standard InChI is InChI=1S/C17H16O4/c1-10-14(18)5-4-12-7-13(9-21-17(10)12)11-3-6-15(19)16(8-11)20-2/h3-8,18-19H,9H2,1-2H3. The van der Waals surface area contributed by atoms with Crippen molar-refractivity contribution in [1.29, 1.82) is 0 Å². The fourth-order valence-electron chi connectivity index (χ4n) is 2.43. The van der Waals surface area contributed by atoms with Gasteiger partial charge in [-0.2, -0.15) is 0 Å². The molecule has 2 aromatic rings. The van der Waals surface area contributed by atoms with E-state index >= 15 is 0 Å². The van der Waals surface area contributed by atoms with Crippen molar-refractivity contribution >= 4 is 11.6 Å². The van der Waals surface area contributed by atoms with Crippen molar-refractivity contribution in [3.8, 4) is 23.0 Å². The van der Waals surface area contributed by atoms with E-state index in [-0.39, 0.29) is 11.5 Å². The van der Waals surface area contributed by atoms with Crippen LogP contribution >= 0.6 is 0 Å². The molecule has 0 unspecified atom stereocenters. The molecule has 0 amide bonds. The van der Waals surface area contributed by atoms with Gasteiger partial charge in [0, 0.05) is 11.1 Å². The predicted octanol–water partition coefficient (Wildman–Crippen LogP) is 3.35. The summed E-state index contributed by atoms with van der Waals surface area (Å²) < 4.78 is 10.9. The maximum absolute atomic E-state index is 9.71. The molecule has 1 aliphatic rings. The van der Waals surface area contributed by atoms with Crippen molar-refractivity contribution in [1.82, 2.24) is 0 Å². The van der Waals surface area contributed by atoms with Crippen molar-refractivity contribution in [3.05, 3.63) is 47.0 Å². The number of hydrogen-bond acceptors (Lipinski definition) is 4. The van der Waals surface area contributed by atoms with Crippen molar-refractivity contribution in [2.75, 3.05) is 13.7 Å². The average Bonchev–Trinajstić information content (AvgIpc) is 2.51. The summed E-state index contributed by atoms with van der Waals surface area (Å²) in [7, 11) is 1.52. The van der Waals surface area contributed by atoms with E-state index in [9.17, 15) is 10.2 Å². The Morgan fingerprint density at radius 1 is 1.10 bits per heavy atom. The quantitative estimate of drug-likeness (QED) is 0.888. The Balaban J connectivity index is 2.05. The molecule has 4 heteroatoms. The number of methoxy groups -OCH3 is 1. The molecule has 0 saturated carbocycles. The number of ether oxygens (including phenoxy) is 2. The highest BCUT2D eigenvalue weighted by molar-refractivity contribution is 5.87. The number of rotatable bonds is 2. The van der Waals surface area contributed by atoms with Gasteiger partial charge in [0.05, 0.1) is 7.11 Å². The van der Waals surface area contributed by atoms with Crippen molar-refractivity contribution in [2.24, 2.45) is 0 Å². The molecule has 1 heterocycles. The Labute approximate surface area is 122 Å². The number of phenols is 2. The summed E-state index contributed by atoms with van der Waals surface area (Å²) in [6, 6.07) is 8.70. The van der Waals surface area contributed by atoms with E-state index in [1.165, 1.54) is 7.11 Å². The molecule has 2 aromatic carbocycles. The van der Waals surface area contributed by atoms with E-state index in [0.29, 0.717) is 18.1 Å². The SMILES string of the molecule is COc1cc(C2=Cc3ccc(O)c(C)c3OC2)ccc1O. The third-order valence-corrected chi connectivity index (χ3v) is 3.66. The van der Waals surface area contributed by atoms with Crippen LogP contribution in [0, 0.1) is 6.92 Å². The molecule has 0 spiro atoms. The molecule has 21 heavy (non-hydrogen) atoms. The molecule has 0 aromatic heterocycles. The van der Waals surface area contributed by atoms with E-state index < -0.39 is 0 Å². The van der Waals surface area contributed by atoms with Crippen LogP contribution in [0.1, 0.15) is 16.7 Å². The van der Waals surface area contributed by atoms with E-state index in [0.717, 1.165) is 22.3 Å². The fourth-order valence-corrected chi connectivity index (χ4v) is 2.43. The van der Waals surface area contributed by atoms with Crippen LogP contribution in [-0.4, -0.2) is 23.9 Å². The number of aromatic hydroxyl groups is 2. The Morgan fingerprint density at radius 3 is 2.62 bits per heavy atom. The zero-order valence-corrected chi connectivity index (χ0v) is 11.9. The molecular formula is C17H16O4. The van der Waals surface area contributed by atoms with Crippen LogP contribution in [0.2, 0.25) is 0 Å². The van der Waals surface area contributed by atoms with Crippen molar-refractivity contribution < 1.29 is 19.7 Å². The van der Waals surface area contributed by atoms with Gasteiger partial charge >= 0.3 is 0 Å². The highest BCUT2D eigenvalue weighted by Gasteiger charge is 2.17. The first-order valence-corrected chi connectivity index (χ1v) is 6.63. The first-order valence-electron chi connectivity index (χ1n) is 6.63. The second-order valence-electron chi connectivity index (χ2n) is 4.97. The summed E-state index contributed by atoms with van der Waals surface area (Å²) in [6.07, 6.45) is 2.02. The molecule has 1 aliphatic heterocycles. The third kappa shape index (κ3) is 2.29. The summed E-state index contributed by atoms with van der Waals surface area (Å²) in [6.45, 7) is 2.24. The van der Waals surface area contributed by atoms with Crippen LogP contribution in [0.4, 0.5) is 0 Å². The fraction of sp³-hybridized carbons (Fsp3) is 0.176. The lowest BCUT2D eigenvalue weighted by Crippen LogP contribution is -2.08. The van der Waals surface area contributed by atoms with E-state index in [2.05, 4.69) is 0 Å². The van der Waals surface area contributed by atoms with Gasteiger partial charge in [0.25, 0.3) is 0 Å². The second kappa shape index (κ2) is 5.05. The highest BCUT2D eigenvalue weighted by atomic mass is 16.5. The minimum atomic E-state index is 0.111. The van der Waals surface area contributed by atoms with E-state index in [4.69, 9.17) is 9.47 Å². The molecule has 0 atom stereocenters. The monoisotopic (exact) mass is 284 g/mol. The number of hydrogen-bond donors (Lipinski definition) is 2. The summed E-state index contributed by atoms with van der Waals surface area (Å²) in [5.41, 5.74) is 3.59. The third-order valence-electron chi connectivity index (χ3n) is 3.66. The van der Waals surface area contributed by atoms with Gasteiger partial charge in [-0.1, -0.05) is 6.07 Å². The minimum absolute atomic E-state index is 0.111. The first-order chi connectivity index (χ1) is 10.1. The summed E-state index contributed by atoms with van der Waals surface area (Å²) in [5.74, 6) is 1.49. The van der Waals surface area contributed by atoms with Gasteiger partial charge in [0.1, 0.15) is 18.1 Å². The average molecular weight is 284 g/mol. The van der Waals surface area contributed by atoms with E-state index in [1.807, 2.05) is 25.1 Å². The largest absolute Gasteiger partial charge is 0.508 e. The first kappa shape index (κ1) is 13.4. The van der Waals surface area contributed by atoms with Crippen LogP contribution in [-0.2, 0) is 0 Å². The maximum Gasteiger partial charge on any atom is 0.161 e. The lowest BCUT2D eigenvalue weighted by molar-refractivity contribution is 0.358. The topological polar surface area (TPSA) is 58.9 Å². The lowest BCUT2D eigenvalue weighted by atomic mass is 9.98. The number of fused-ring (bicyclic) bond motifs is 1. The summed E-state index contributed by atoms with van der Waals surface area (Å²) >= 11 is 0. The Hall–Kier alpha value is -2.62. The minimum Gasteiger partial charge on any atom is -0.508 e. The predicted molar refractivity (Wildman–Crippen MR) is 80.9 cm³/mol. The molecule has 0 fully saturated rings. The second-order valence-corrected chi connectivity index (χ2v) is 4.97. The summed E-state index contributed by atoms with van der Waals surface area (Å²) in [5, 5.41) is 19.4. The molecule has 3 rings (SSSR count). The normalized spacial score (nSPS) is 13.1.